The van der Waals surface area contributed by atoms with Crippen LogP contribution in [-0.2, 0) is 5.75 Å². The van der Waals surface area contributed by atoms with Gasteiger partial charge in [0.2, 0.25) is 5.16 Å². The predicted molar refractivity (Wildman–Crippen MR) is 91.9 cm³/mol. The Morgan fingerprint density at radius 3 is 2.88 bits per heavy atom. The Hall–Kier alpha value is -1.47. The quantitative estimate of drug-likeness (QED) is 0.765. The highest BCUT2D eigenvalue weighted by atomic mass is 35.5. The van der Waals surface area contributed by atoms with Gasteiger partial charge in [-0.3, -0.25) is 0 Å². The molecule has 0 bridgehead atoms. The first kappa shape index (κ1) is 16.0. The van der Waals surface area contributed by atoms with E-state index < -0.39 is 0 Å². The van der Waals surface area contributed by atoms with Crippen LogP contribution in [0, 0.1) is 0 Å². The molecule has 2 heterocycles. The number of hydrogen-bond acceptors (Lipinski definition) is 6. The van der Waals surface area contributed by atoms with E-state index in [-0.39, 0.29) is 0 Å². The van der Waals surface area contributed by atoms with Crippen molar-refractivity contribution >= 4 is 23.4 Å². The number of halogens is 1. The first-order valence-corrected chi connectivity index (χ1v) is 9.66. The van der Waals surface area contributed by atoms with Crippen LogP contribution in [0.2, 0.25) is 5.02 Å². The Kier molecular flexibility index (Phi) is 4.80. The summed E-state index contributed by atoms with van der Waals surface area (Å²) in [5.74, 6) is 2.12. The molecule has 0 saturated heterocycles. The molecule has 0 N–H and O–H groups in total. The zero-order chi connectivity index (χ0) is 16.4. The lowest BCUT2D eigenvalue weighted by Gasteiger charge is -2.12. The number of fused-ring (bicyclic) bond motifs is 1. The zero-order valence-corrected chi connectivity index (χ0v) is 14.9. The molecule has 0 unspecified atom stereocenters. The fourth-order valence-corrected chi connectivity index (χ4v) is 4.34. The van der Waals surface area contributed by atoms with Gasteiger partial charge in [0.25, 0.3) is 0 Å². The molecular weight excluding hydrogens is 348 g/mol. The first-order valence-electron chi connectivity index (χ1n) is 8.30. The van der Waals surface area contributed by atoms with Gasteiger partial charge in [-0.05, 0) is 41.0 Å². The van der Waals surface area contributed by atoms with Crippen LogP contribution in [0.4, 0.5) is 0 Å². The fourth-order valence-electron chi connectivity index (χ4n) is 3.17. The third-order valence-electron chi connectivity index (χ3n) is 4.36. The summed E-state index contributed by atoms with van der Waals surface area (Å²) in [7, 11) is 0. The molecule has 4 rings (SSSR count). The van der Waals surface area contributed by atoms with E-state index in [9.17, 15) is 0 Å². The van der Waals surface area contributed by atoms with Crippen LogP contribution < -0.4 is 9.47 Å². The minimum atomic E-state index is 0.440. The predicted octanol–water partition coefficient (Wildman–Crippen LogP) is 3.90. The summed E-state index contributed by atoms with van der Waals surface area (Å²) in [6.45, 7) is 1.29. The molecule has 0 radical (unpaired) electrons. The molecule has 1 aromatic carbocycles. The molecule has 128 valence electrons. The third-order valence-corrected chi connectivity index (χ3v) is 5.65. The Balaban J connectivity index is 1.49. The molecule has 1 fully saturated rings. The van der Waals surface area contributed by atoms with Gasteiger partial charge in [-0.15, -0.1) is 5.10 Å². The lowest BCUT2D eigenvalue weighted by atomic mass is 10.2. The van der Waals surface area contributed by atoms with Gasteiger partial charge in [0.05, 0.1) is 24.3 Å². The van der Waals surface area contributed by atoms with Crippen molar-refractivity contribution in [2.75, 3.05) is 13.2 Å². The topological polar surface area (TPSA) is 62.1 Å². The van der Waals surface area contributed by atoms with Crippen LogP contribution >= 0.6 is 23.4 Å². The van der Waals surface area contributed by atoms with Gasteiger partial charge in [-0.25, -0.2) is 4.68 Å². The van der Waals surface area contributed by atoms with Gasteiger partial charge >= 0.3 is 0 Å². The summed E-state index contributed by atoms with van der Waals surface area (Å²) < 4.78 is 13.4. The van der Waals surface area contributed by atoms with Crippen molar-refractivity contribution in [3.8, 4) is 11.5 Å². The minimum absolute atomic E-state index is 0.440. The first-order chi connectivity index (χ1) is 11.8. The highest BCUT2D eigenvalue weighted by molar-refractivity contribution is 7.98. The number of hydrogen-bond donors (Lipinski definition) is 0. The van der Waals surface area contributed by atoms with Crippen LogP contribution in [0.25, 0.3) is 0 Å². The van der Waals surface area contributed by atoms with Gasteiger partial charge in [0, 0.05) is 12.2 Å². The van der Waals surface area contributed by atoms with E-state index in [2.05, 4.69) is 15.5 Å². The summed E-state index contributed by atoms with van der Waals surface area (Å²) in [5, 5.41) is 13.7. The summed E-state index contributed by atoms with van der Waals surface area (Å²) in [4.78, 5) is 0. The second-order valence-electron chi connectivity index (χ2n) is 6.09. The number of ether oxygens (including phenoxy) is 2. The molecule has 1 aliphatic carbocycles. The highest BCUT2D eigenvalue weighted by Crippen LogP contribution is 2.39. The van der Waals surface area contributed by atoms with Gasteiger partial charge in [0.15, 0.2) is 11.5 Å². The van der Waals surface area contributed by atoms with Gasteiger partial charge in [0.1, 0.15) is 0 Å². The maximum absolute atomic E-state index is 6.36. The van der Waals surface area contributed by atoms with Crippen molar-refractivity contribution in [3.63, 3.8) is 0 Å². The Bertz CT molecular complexity index is 718. The standard InChI is InChI=1S/C16H19ClN4O2S/c17-13-8-11(9-14-15(13)23-7-3-6-22-14)10-24-16-18-19-20-21(16)12-4-1-2-5-12/h8-9,12H,1-7,10H2. The van der Waals surface area contributed by atoms with E-state index in [1.54, 1.807) is 11.8 Å². The molecule has 1 aliphatic heterocycles. The van der Waals surface area contributed by atoms with Crippen LogP contribution in [-0.4, -0.2) is 33.4 Å². The van der Waals surface area contributed by atoms with Crippen LogP contribution in [0.5, 0.6) is 11.5 Å². The molecule has 1 saturated carbocycles. The summed E-state index contributed by atoms with van der Waals surface area (Å²) >= 11 is 7.99. The smallest absolute Gasteiger partial charge is 0.209 e. The second kappa shape index (κ2) is 7.19. The molecule has 0 atom stereocenters. The molecular formula is C16H19ClN4O2S. The lowest BCUT2D eigenvalue weighted by Crippen LogP contribution is -2.08. The van der Waals surface area contributed by atoms with Gasteiger partial charge < -0.3 is 9.47 Å². The molecule has 0 spiro atoms. The number of aromatic nitrogens is 4. The van der Waals surface area contributed by atoms with Crippen molar-refractivity contribution in [3.05, 3.63) is 22.7 Å². The number of benzene rings is 1. The van der Waals surface area contributed by atoms with Crippen molar-refractivity contribution in [2.45, 2.75) is 49.1 Å². The highest BCUT2D eigenvalue weighted by Gasteiger charge is 2.22. The number of nitrogens with zero attached hydrogens (tertiary/aromatic N) is 4. The van der Waals surface area contributed by atoms with Crippen LogP contribution in [0.1, 0.15) is 43.7 Å². The van der Waals surface area contributed by atoms with E-state index in [0.29, 0.717) is 30.0 Å². The molecule has 6 nitrogen and oxygen atoms in total. The third kappa shape index (κ3) is 3.32. The van der Waals surface area contributed by atoms with Crippen molar-refractivity contribution in [2.24, 2.45) is 0 Å². The Morgan fingerprint density at radius 2 is 2.00 bits per heavy atom. The fraction of sp³-hybridized carbons (Fsp3) is 0.562. The van der Waals surface area contributed by atoms with Crippen LogP contribution in [0.3, 0.4) is 0 Å². The van der Waals surface area contributed by atoms with Gasteiger partial charge in [-0.2, -0.15) is 0 Å². The van der Waals surface area contributed by atoms with Crippen molar-refractivity contribution in [1.29, 1.82) is 0 Å². The van der Waals surface area contributed by atoms with E-state index in [0.717, 1.165) is 41.5 Å². The average Bonchev–Trinajstić information content (AvgIpc) is 3.20. The van der Waals surface area contributed by atoms with Crippen molar-refractivity contribution in [1.82, 2.24) is 20.2 Å². The van der Waals surface area contributed by atoms with E-state index in [1.165, 1.54) is 12.8 Å². The largest absolute Gasteiger partial charge is 0.489 e. The Morgan fingerprint density at radius 1 is 1.17 bits per heavy atom. The molecule has 1 aromatic heterocycles. The Labute approximate surface area is 149 Å². The monoisotopic (exact) mass is 366 g/mol. The van der Waals surface area contributed by atoms with Crippen molar-refractivity contribution < 1.29 is 9.47 Å². The number of thioether (sulfide) groups is 1. The molecule has 2 aliphatic rings. The summed E-state index contributed by atoms with van der Waals surface area (Å²) in [6.07, 6.45) is 5.70. The molecule has 24 heavy (non-hydrogen) atoms. The molecule has 8 heteroatoms. The van der Waals surface area contributed by atoms with E-state index in [1.807, 2.05) is 16.8 Å². The maximum atomic E-state index is 6.36. The number of tetrazole rings is 1. The van der Waals surface area contributed by atoms with E-state index in [4.69, 9.17) is 21.1 Å². The van der Waals surface area contributed by atoms with Gasteiger partial charge in [-0.1, -0.05) is 36.2 Å². The number of rotatable bonds is 4. The second-order valence-corrected chi connectivity index (χ2v) is 7.44. The molecule has 0 amide bonds. The van der Waals surface area contributed by atoms with Crippen LogP contribution in [0.15, 0.2) is 17.3 Å². The lowest BCUT2D eigenvalue weighted by molar-refractivity contribution is 0.297. The SMILES string of the molecule is Clc1cc(CSc2nnnn2C2CCCC2)cc2c1OCCCO2. The summed E-state index contributed by atoms with van der Waals surface area (Å²) in [6, 6.07) is 4.38. The normalized spacial score (nSPS) is 17.9. The average molecular weight is 367 g/mol. The molecule has 2 aromatic rings. The maximum Gasteiger partial charge on any atom is 0.209 e. The summed E-state index contributed by atoms with van der Waals surface area (Å²) in [5.41, 5.74) is 1.08. The zero-order valence-electron chi connectivity index (χ0n) is 13.3. The minimum Gasteiger partial charge on any atom is -0.489 e. The van der Waals surface area contributed by atoms with E-state index >= 15 is 0 Å².